The zero-order chi connectivity index (χ0) is 14.4. The second-order valence-corrected chi connectivity index (χ2v) is 5.40. The first-order valence-electron chi connectivity index (χ1n) is 7.11. The van der Waals surface area contributed by atoms with Gasteiger partial charge in [-0.15, -0.1) is 5.10 Å². The van der Waals surface area contributed by atoms with Crippen LogP contribution in [0.1, 0.15) is 39.7 Å². The molecule has 0 saturated carbocycles. The van der Waals surface area contributed by atoms with Gasteiger partial charge in [0.1, 0.15) is 5.69 Å². The number of nitrogens with zero attached hydrogens (tertiary/aromatic N) is 3. The number of hydrogen-bond acceptors (Lipinski definition) is 5. The SMILES string of the molecule is O=C1C(=O)c2nn(C3CCNCC3)nc2-c2ccccc21. The van der Waals surface area contributed by atoms with E-state index in [2.05, 4.69) is 15.5 Å². The van der Waals surface area contributed by atoms with E-state index in [0.717, 1.165) is 25.9 Å². The summed E-state index contributed by atoms with van der Waals surface area (Å²) in [4.78, 5) is 25.9. The minimum atomic E-state index is -0.552. The van der Waals surface area contributed by atoms with Crippen molar-refractivity contribution >= 4 is 11.6 Å². The lowest BCUT2D eigenvalue weighted by Crippen LogP contribution is -2.30. The number of benzene rings is 1. The van der Waals surface area contributed by atoms with Gasteiger partial charge >= 0.3 is 0 Å². The zero-order valence-electron chi connectivity index (χ0n) is 11.4. The molecule has 106 valence electrons. The molecule has 1 saturated heterocycles. The number of aromatic nitrogens is 3. The van der Waals surface area contributed by atoms with Gasteiger partial charge in [0.15, 0.2) is 5.69 Å². The Bertz CT molecular complexity index is 744. The predicted octanol–water partition coefficient (Wildman–Crippen LogP) is 1.25. The first-order chi connectivity index (χ1) is 10.3. The Balaban J connectivity index is 1.84. The molecule has 6 nitrogen and oxygen atoms in total. The normalized spacial score (nSPS) is 18.5. The first-order valence-corrected chi connectivity index (χ1v) is 7.11. The third-order valence-electron chi connectivity index (χ3n) is 4.11. The van der Waals surface area contributed by atoms with Crippen molar-refractivity contribution in [2.24, 2.45) is 0 Å². The van der Waals surface area contributed by atoms with Gasteiger partial charge in [-0.2, -0.15) is 9.90 Å². The summed E-state index contributed by atoms with van der Waals surface area (Å²) in [5.74, 6) is -1.04. The van der Waals surface area contributed by atoms with Crippen LogP contribution in [0.2, 0.25) is 0 Å². The lowest BCUT2D eigenvalue weighted by atomic mass is 9.90. The highest BCUT2D eigenvalue weighted by atomic mass is 16.2. The van der Waals surface area contributed by atoms with Crippen LogP contribution >= 0.6 is 0 Å². The number of Topliss-reactive ketones (excluding diaryl/α,β-unsaturated/α-hetero) is 2. The Morgan fingerprint density at radius 3 is 2.38 bits per heavy atom. The van der Waals surface area contributed by atoms with E-state index in [0.29, 0.717) is 16.8 Å². The van der Waals surface area contributed by atoms with Crippen LogP contribution in [0.4, 0.5) is 0 Å². The molecule has 6 heteroatoms. The fourth-order valence-corrected chi connectivity index (χ4v) is 2.97. The van der Waals surface area contributed by atoms with Gasteiger partial charge in [0, 0.05) is 11.1 Å². The molecule has 2 heterocycles. The maximum absolute atomic E-state index is 12.2. The van der Waals surface area contributed by atoms with E-state index in [1.54, 1.807) is 16.9 Å². The Hall–Kier alpha value is -2.34. The van der Waals surface area contributed by atoms with Gasteiger partial charge in [-0.3, -0.25) is 9.59 Å². The van der Waals surface area contributed by atoms with Crippen LogP contribution in [0.5, 0.6) is 0 Å². The third-order valence-corrected chi connectivity index (χ3v) is 4.11. The van der Waals surface area contributed by atoms with Gasteiger partial charge in [0.05, 0.1) is 6.04 Å². The summed E-state index contributed by atoms with van der Waals surface area (Å²) in [6.07, 6.45) is 1.86. The van der Waals surface area contributed by atoms with E-state index in [4.69, 9.17) is 0 Å². The lowest BCUT2D eigenvalue weighted by Gasteiger charge is -2.21. The Labute approximate surface area is 121 Å². The molecule has 2 aromatic rings. The average Bonchev–Trinajstić information content (AvgIpc) is 2.99. The molecular weight excluding hydrogens is 268 g/mol. The maximum atomic E-state index is 12.2. The number of carbonyl (C=O) groups is 2. The molecule has 0 unspecified atom stereocenters. The van der Waals surface area contributed by atoms with Crippen molar-refractivity contribution in [3.8, 4) is 11.3 Å². The number of rotatable bonds is 1. The fourth-order valence-electron chi connectivity index (χ4n) is 2.97. The highest BCUT2D eigenvalue weighted by molar-refractivity contribution is 6.52. The Kier molecular flexibility index (Phi) is 2.71. The minimum Gasteiger partial charge on any atom is -0.317 e. The summed E-state index contributed by atoms with van der Waals surface area (Å²) >= 11 is 0. The third kappa shape index (κ3) is 1.83. The van der Waals surface area contributed by atoms with Crippen LogP contribution in [0, 0.1) is 0 Å². The Morgan fingerprint density at radius 2 is 1.62 bits per heavy atom. The molecule has 0 radical (unpaired) electrons. The first kappa shape index (κ1) is 12.4. The van der Waals surface area contributed by atoms with Crippen molar-refractivity contribution in [1.29, 1.82) is 0 Å². The van der Waals surface area contributed by atoms with Gasteiger partial charge in [-0.1, -0.05) is 24.3 Å². The number of hydrogen-bond donors (Lipinski definition) is 1. The van der Waals surface area contributed by atoms with E-state index in [1.807, 2.05) is 12.1 Å². The van der Waals surface area contributed by atoms with Crippen molar-refractivity contribution < 1.29 is 9.59 Å². The summed E-state index contributed by atoms with van der Waals surface area (Å²) in [6, 6.07) is 7.27. The second-order valence-electron chi connectivity index (χ2n) is 5.40. The number of fused-ring (bicyclic) bond motifs is 3. The number of ketones is 2. The summed E-state index contributed by atoms with van der Waals surface area (Å²) in [6.45, 7) is 1.83. The van der Waals surface area contributed by atoms with Gasteiger partial charge in [0.2, 0.25) is 5.78 Å². The monoisotopic (exact) mass is 282 g/mol. The predicted molar refractivity (Wildman–Crippen MR) is 75.3 cm³/mol. The van der Waals surface area contributed by atoms with Crippen LogP contribution in [0.15, 0.2) is 24.3 Å². The fraction of sp³-hybridized carbons (Fsp3) is 0.333. The van der Waals surface area contributed by atoms with Crippen molar-refractivity contribution in [3.63, 3.8) is 0 Å². The number of carbonyl (C=O) groups excluding carboxylic acids is 2. The zero-order valence-corrected chi connectivity index (χ0v) is 11.4. The molecule has 1 N–H and O–H groups in total. The topological polar surface area (TPSA) is 76.9 Å². The molecule has 0 atom stereocenters. The quantitative estimate of drug-likeness (QED) is 0.796. The smallest absolute Gasteiger partial charge is 0.256 e. The molecular formula is C15H14N4O2. The number of nitrogens with one attached hydrogen (secondary N) is 1. The van der Waals surface area contributed by atoms with Crippen LogP contribution < -0.4 is 5.32 Å². The Morgan fingerprint density at radius 1 is 0.952 bits per heavy atom. The van der Waals surface area contributed by atoms with Crippen molar-refractivity contribution in [2.45, 2.75) is 18.9 Å². The van der Waals surface area contributed by atoms with E-state index in [-0.39, 0.29) is 11.7 Å². The van der Waals surface area contributed by atoms with Crippen LogP contribution in [-0.2, 0) is 0 Å². The molecule has 1 fully saturated rings. The lowest BCUT2D eigenvalue weighted by molar-refractivity contribution is 0.0811. The van der Waals surface area contributed by atoms with E-state index < -0.39 is 11.6 Å². The second kappa shape index (κ2) is 4.60. The summed E-state index contributed by atoms with van der Waals surface area (Å²) in [7, 11) is 0. The largest absolute Gasteiger partial charge is 0.317 e. The van der Waals surface area contributed by atoms with E-state index >= 15 is 0 Å². The minimum absolute atomic E-state index is 0.187. The maximum Gasteiger partial charge on any atom is 0.256 e. The van der Waals surface area contributed by atoms with Gasteiger partial charge in [-0.05, 0) is 25.9 Å². The molecule has 4 rings (SSSR count). The van der Waals surface area contributed by atoms with Gasteiger partial charge in [0.25, 0.3) is 5.78 Å². The average molecular weight is 282 g/mol. The molecule has 1 aromatic heterocycles. The molecule has 1 aromatic carbocycles. The van der Waals surface area contributed by atoms with E-state index in [9.17, 15) is 9.59 Å². The van der Waals surface area contributed by atoms with Crippen molar-refractivity contribution in [3.05, 3.63) is 35.5 Å². The van der Waals surface area contributed by atoms with Crippen LogP contribution in [0.25, 0.3) is 11.3 Å². The van der Waals surface area contributed by atoms with Crippen molar-refractivity contribution in [2.75, 3.05) is 13.1 Å². The van der Waals surface area contributed by atoms with Crippen molar-refractivity contribution in [1.82, 2.24) is 20.3 Å². The van der Waals surface area contributed by atoms with E-state index in [1.165, 1.54) is 0 Å². The van der Waals surface area contributed by atoms with Crippen LogP contribution in [0.3, 0.4) is 0 Å². The summed E-state index contributed by atoms with van der Waals surface area (Å²) < 4.78 is 0. The highest BCUT2D eigenvalue weighted by Crippen LogP contribution is 2.32. The molecule has 1 aliphatic carbocycles. The summed E-state index contributed by atoms with van der Waals surface area (Å²) in [5, 5.41) is 12.1. The van der Waals surface area contributed by atoms with Gasteiger partial charge in [-0.25, -0.2) is 0 Å². The molecule has 21 heavy (non-hydrogen) atoms. The summed E-state index contributed by atoms with van der Waals surface area (Å²) in [5.41, 5.74) is 1.86. The molecule has 1 aliphatic heterocycles. The molecule has 0 amide bonds. The highest BCUT2D eigenvalue weighted by Gasteiger charge is 2.35. The molecule has 0 spiro atoms. The molecule has 2 aliphatic rings. The van der Waals surface area contributed by atoms with Crippen LogP contribution in [-0.4, -0.2) is 39.6 Å². The number of piperidine rings is 1. The molecule has 0 bridgehead atoms. The standard InChI is InChI=1S/C15H14N4O2/c20-14-11-4-2-1-3-10(11)12-13(15(14)21)18-19(17-12)9-5-7-16-8-6-9/h1-4,9,16H,5-8H2. The van der Waals surface area contributed by atoms with Gasteiger partial charge < -0.3 is 5.32 Å².